The van der Waals surface area contributed by atoms with Crippen LogP contribution in [-0.2, 0) is 9.59 Å². The van der Waals surface area contributed by atoms with E-state index in [0.29, 0.717) is 24.5 Å². The van der Waals surface area contributed by atoms with Crippen molar-refractivity contribution in [1.82, 2.24) is 4.98 Å². The molecule has 2 heterocycles. The van der Waals surface area contributed by atoms with E-state index in [2.05, 4.69) is 4.98 Å². The van der Waals surface area contributed by atoms with Crippen molar-refractivity contribution in [3.05, 3.63) is 24.4 Å². The normalized spacial score (nSPS) is 19.7. The molecular weight excluding hydrogens is 236 g/mol. The van der Waals surface area contributed by atoms with Gasteiger partial charge in [0.15, 0.2) is 5.12 Å². The molecule has 0 saturated carbocycles. The fourth-order valence-corrected chi connectivity index (χ4v) is 2.56. The van der Waals surface area contributed by atoms with E-state index < -0.39 is 0 Å². The van der Waals surface area contributed by atoms with Crippen molar-refractivity contribution >= 4 is 28.6 Å². The Hall–Kier alpha value is -1.36. The largest absolute Gasteiger partial charge is 0.297 e. The van der Waals surface area contributed by atoms with Crippen molar-refractivity contribution in [3.63, 3.8) is 0 Å². The summed E-state index contributed by atoms with van der Waals surface area (Å²) in [5.74, 6) is 1.76. The van der Waals surface area contributed by atoms with Crippen molar-refractivity contribution in [3.8, 4) is 0 Å². The van der Waals surface area contributed by atoms with E-state index in [0.717, 1.165) is 0 Å². The van der Waals surface area contributed by atoms with Crippen LogP contribution in [0.1, 0.15) is 13.3 Å². The zero-order chi connectivity index (χ0) is 12.3. The highest BCUT2D eigenvalue weighted by Crippen LogP contribution is 2.25. The van der Waals surface area contributed by atoms with Crippen LogP contribution in [0, 0.1) is 5.92 Å². The monoisotopic (exact) mass is 250 g/mol. The first-order chi connectivity index (χ1) is 8.16. The lowest BCUT2D eigenvalue weighted by Gasteiger charge is -2.14. The molecule has 1 aliphatic rings. The van der Waals surface area contributed by atoms with Crippen LogP contribution in [0.4, 0.5) is 5.82 Å². The fourth-order valence-electron chi connectivity index (χ4n) is 1.86. The predicted octanol–water partition coefficient (Wildman–Crippen LogP) is 1.71. The number of pyridine rings is 1. The number of carbonyl (C=O) groups is 2. The quantitative estimate of drug-likeness (QED) is 0.819. The third-order valence-electron chi connectivity index (χ3n) is 2.65. The molecule has 2 rings (SSSR count). The molecule has 4 nitrogen and oxygen atoms in total. The van der Waals surface area contributed by atoms with Gasteiger partial charge in [0.25, 0.3) is 0 Å². The van der Waals surface area contributed by atoms with Crippen LogP contribution in [0.3, 0.4) is 0 Å². The highest BCUT2D eigenvalue weighted by Gasteiger charge is 2.31. The molecule has 0 N–H and O–H groups in total. The van der Waals surface area contributed by atoms with Gasteiger partial charge < -0.3 is 0 Å². The topological polar surface area (TPSA) is 50.3 Å². The van der Waals surface area contributed by atoms with Crippen molar-refractivity contribution < 1.29 is 9.59 Å². The standard InChI is InChI=1S/C12H14N2O2S/c1-9(15)17-8-10-6-12(16)14(7-10)11-4-2-3-5-13-11/h2-5,10H,6-8H2,1H3. The van der Waals surface area contributed by atoms with Crippen molar-refractivity contribution in [2.24, 2.45) is 5.92 Å². The van der Waals surface area contributed by atoms with Crippen LogP contribution in [0.5, 0.6) is 0 Å². The molecule has 1 unspecified atom stereocenters. The number of hydrogen-bond donors (Lipinski definition) is 0. The maximum Gasteiger partial charge on any atom is 0.228 e. The first kappa shape index (κ1) is 12.1. The zero-order valence-electron chi connectivity index (χ0n) is 9.63. The minimum atomic E-state index is 0.0952. The van der Waals surface area contributed by atoms with Gasteiger partial charge in [0.1, 0.15) is 5.82 Å². The number of amides is 1. The van der Waals surface area contributed by atoms with Crippen LogP contribution in [0.15, 0.2) is 24.4 Å². The Morgan fingerprint density at radius 2 is 2.41 bits per heavy atom. The third-order valence-corrected chi connectivity index (χ3v) is 3.70. The second-order valence-corrected chi connectivity index (χ2v) is 5.26. The molecule has 5 heteroatoms. The maximum absolute atomic E-state index is 11.8. The van der Waals surface area contributed by atoms with E-state index in [9.17, 15) is 9.59 Å². The maximum atomic E-state index is 11.8. The van der Waals surface area contributed by atoms with Gasteiger partial charge in [-0.3, -0.25) is 14.5 Å². The van der Waals surface area contributed by atoms with E-state index >= 15 is 0 Å². The van der Waals surface area contributed by atoms with Gasteiger partial charge in [-0.15, -0.1) is 0 Å². The molecule has 0 bridgehead atoms. The molecule has 17 heavy (non-hydrogen) atoms. The second-order valence-electron chi connectivity index (χ2n) is 4.07. The molecule has 1 saturated heterocycles. The van der Waals surface area contributed by atoms with Crippen LogP contribution >= 0.6 is 11.8 Å². The summed E-state index contributed by atoms with van der Waals surface area (Å²) in [5, 5.41) is 0.105. The molecule has 1 aromatic rings. The van der Waals surface area contributed by atoms with Crippen LogP contribution in [0.2, 0.25) is 0 Å². The number of rotatable bonds is 3. The SMILES string of the molecule is CC(=O)SCC1CC(=O)N(c2ccccn2)C1. The van der Waals surface area contributed by atoms with Gasteiger partial charge in [0.05, 0.1) is 0 Å². The number of carbonyl (C=O) groups excluding carboxylic acids is 2. The Morgan fingerprint density at radius 3 is 3.06 bits per heavy atom. The van der Waals surface area contributed by atoms with E-state index in [1.165, 1.54) is 11.8 Å². The average Bonchev–Trinajstić information content (AvgIpc) is 2.69. The molecule has 90 valence electrons. The molecule has 1 aromatic heterocycles. The van der Waals surface area contributed by atoms with Crippen molar-refractivity contribution in [2.45, 2.75) is 13.3 Å². The molecule has 1 amide bonds. The smallest absolute Gasteiger partial charge is 0.228 e. The fraction of sp³-hybridized carbons (Fsp3) is 0.417. The molecule has 0 aliphatic carbocycles. The van der Waals surface area contributed by atoms with E-state index in [1.54, 1.807) is 18.0 Å². The highest BCUT2D eigenvalue weighted by atomic mass is 32.2. The van der Waals surface area contributed by atoms with Crippen LogP contribution in [-0.4, -0.2) is 28.3 Å². The molecule has 0 radical (unpaired) electrons. The van der Waals surface area contributed by atoms with Gasteiger partial charge in [0.2, 0.25) is 5.91 Å². The van der Waals surface area contributed by atoms with Crippen LogP contribution < -0.4 is 4.90 Å². The molecule has 0 aromatic carbocycles. The van der Waals surface area contributed by atoms with Gasteiger partial charge >= 0.3 is 0 Å². The molecule has 0 spiro atoms. The lowest BCUT2D eigenvalue weighted by atomic mass is 10.1. The second kappa shape index (κ2) is 5.31. The Bertz CT molecular complexity index is 422. The summed E-state index contributed by atoms with van der Waals surface area (Å²) >= 11 is 1.29. The van der Waals surface area contributed by atoms with Crippen molar-refractivity contribution in [2.75, 3.05) is 17.2 Å². The Balaban J connectivity index is 1.98. The van der Waals surface area contributed by atoms with Gasteiger partial charge in [-0.1, -0.05) is 17.8 Å². The van der Waals surface area contributed by atoms with Crippen LogP contribution in [0.25, 0.3) is 0 Å². The summed E-state index contributed by atoms with van der Waals surface area (Å²) in [6, 6.07) is 5.53. The summed E-state index contributed by atoms with van der Waals surface area (Å²) in [7, 11) is 0. The lowest BCUT2D eigenvalue weighted by molar-refractivity contribution is -0.117. The highest BCUT2D eigenvalue weighted by molar-refractivity contribution is 8.13. The van der Waals surface area contributed by atoms with E-state index in [1.807, 2.05) is 18.2 Å². The van der Waals surface area contributed by atoms with Gasteiger partial charge in [-0.05, 0) is 18.1 Å². The molecule has 1 atom stereocenters. The van der Waals surface area contributed by atoms with E-state index in [4.69, 9.17) is 0 Å². The summed E-state index contributed by atoms with van der Waals surface area (Å²) < 4.78 is 0. The molecule has 1 aliphatic heterocycles. The van der Waals surface area contributed by atoms with Gasteiger partial charge in [-0.25, -0.2) is 4.98 Å². The Labute approximate surface area is 104 Å². The molecule has 1 fully saturated rings. The minimum absolute atomic E-state index is 0.0952. The zero-order valence-corrected chi connectivity index (χ0v) is 10.4. The number of hydrogen-bond acceptors (Lipinski definition) is 4. The third kappa shape index (κ3) is 3.06. The van der Waals surface area contributed by atoms with Gasteiger partial charge in [0, 0.05) is 31.8 Å². The van der Waals surface area contributed by atoms with E-state index in [-0.39, 0.29) is 16.9 Å². The Kier molecular flexibility index (Phi) is 3.78. The Morgan fingerprint density at radius 1 is 1.59 bits per heavy atom. The number of thioether (sulfide) groups is 1. The predicted molar refractivity (Wildman–Crippen MR) is 67.8 cm³/mol. The summed E-state index contributed by atoms with van der Waals surface area (Å²) in [5.41, 5.74) is 0. The summed E-state index contributed by atoms with van der Waals surface area (Å²) in [4.78, 5) is 28.6. The number of nitrogens with zero attached hydrogens (tertiary/aromatic N) is 2. The number of anilines is 1. The summed E-state index contributed by atoms with van der Waals surface area (Å²) in [6.45, 7) is 2.22. The molecular formula is C12H14N2O2S. The van der Waals surface area contributed by atoms with Crippen molar-refractivity contribution in [1.29, 1.82) is 0 Å². The first-order valence-corrected chi connectivity index (χ1v) is 6.50. The number of aromatic nitrogens is 1. The first-order valence-electron chi connectivity index (χ1n) is 5.51. The average molecular weight is 250 g/mol. The summed E-state index contributed by atoms with van der Waals surface area (Å²) in [6.07, 6.45) is 2.19. The lowest BCUT2D eigenvalue weighted by Crippen LogP contribution is -2.25. The minimum Gasteiger partial charge on any atom is -0.297 e. The van der Waals surface area contributed by atoms with Gasteiger partial charge in [-0.2, -0.15) is 0 Å².